The Hall–Kier alpha value is -2.11. The van der Waals surface area contributed by atoms with Crippen molar-refractivity contribution in [3.63, 3.8) is 0 Å². The zero-order chi connectivity index (χ0) is 15.3. The molecule has 1 aromatic rings. The van der Waals surface area contributed by atoms with Crippen LogP contribution in [0.4, 0.5) is 0 Å². The summed E-state index contributed by atoms with van der Waals surface area (Å²) in [6.45, 7) is -0.322. The summed E-state index contributed by atoms with van der Waals surface area (Å²) in [4.78, 5) is 21.7. The second-order valence-electron chi connectivity index (χ2n) is 3.64. The fraction of sp³-hybridized carbons (Fsp3) is 0.182. The molecule has 0 radical (unpaired) electrons. The van der Waals surface area contributed by atoms with Crippen molar-refractivity contribution in [1.29, 1.82) is 5.26 Å². The van der Waals surface area contributed by atoms with E-state index < -0.39 is 32.4 Å². The monoisotopic (exact) mass is 316 g/mol. The molecule has 0 fully saturated rings. The third kappa shape index (κ3) is 3.94. The molecule has 0 aliphatic heterocycles. The largest absolute Gasteiger partial charge is 0.478 e. The van der Waals surface area contributed by atoms with Crippen LogP contribution in [-0.4, -0.2) is 37.7 Å². The number of hydrogen-bond acceptors (Lipinski definition) is 5. The van der Waals surface area contributed by atoms with Crippen LogP contribution in [0.15, 0.2) is 23.1 Å². The van der Waals surface area contributed by atoms with Crippen molar-refractivity contribution in [2.75, 3.05) is 12.3 Å². The van der Waals surface area contributed by atoms with E-state index in [1.165, 1.54) is 0 Å². The van der Waals surface area contributed by atoms with Crippen LogP contribution in [0.1, 0.15) is 10.4 Å². The highest BCUT2D eigenvalue weighted by Crippen LogP contribution is 2.23. The molecule has 0 saturated carbocycles. The van der Waals surface area contributed by atoms with Crippen molar-refractivity contribution in [3.8, 4) is 6.07 Å². The maximum absolute atomic E-state index is 12.0. The minimum atomic E-state index is -4.09. The summed E-state index contributed by atoms with van der Waals surface area (Å²) in [6, 6.07) is 4.80. The average Bonchev–Trinajstić information content (AvgIpc) is 2.35. The van der Waals surface area contributed by atoms with Gasteiger partial charge in [-0.25, -0.2) is 13.2 Å². The van der Waals surface area contributed by atoms with E-state index in [0.717, 1.165) is 18.2 Å². The van der Waals surface area contributed by atoms with Crippen molar-refractivity contribution in [2.24, 2.45) is 0 Å². The van der Waals surface area contributed by atoms with Crippen LogP contribution in [0.2, 0.25) is 5.02 Å². The molecule has 0 aliphatic rings. The summed E-state index contributed by atoms with van der Waals surface area (Å²) in [5, 5.41) is 19.0. The molecule has 0 unspecified atom stereocenters. The number of benzene rings is 1. The molecule has 0 bridgehead atoms. The highest BCUT2D eigenvalue weighted by molar-refractivity contribution is 7.92. The average molecular weight is 317 g/mol. The predicted molar refractivity (Wildman–Crippen MR) is 69.1 cm³/mol. The second kappa shape index (κ2) is 6.36. The molecular formula is C11H9ClN2O5S. The molecule has 0 atom stereocenters. The Morgan fingerprint density at radius 3 is 2.60 bits per heavy atom. The van der Waals surface area contributed by atoms with E-state index in [2.05, 4.69) is 5.32 Å². The van der Waals surface area contributed by atoms with Gasteiger partial charge in [-0.2, -0.15) is 5.26 Å². The minimum Gasteiger partial charge on any atom is -0.478 e. The van der Waals surface area contributed by atoms with Crippen molar-refractivity contribution in [3.05, 3.63) is 28.8 Å². The molecule has 0 heterocycles. The summed E-state index contributed by atoms with van der Waals surface area (Å²) >= 11 is 5.72. The summed E-state index contributed by atoms with van der Waals surface area (Å²) in [6.07, 6.45) is 0. The first-order valence-electron chi connectivity index (χ1n) is 5.17. The lowest BCUT2D eigenvalue weighted by atomic mass is 10.2. The van der Waals surface area contributed by atoms with E-state index in [4.69, 9.17) is 22.0 Å². The second-order valence-corrected chi connectivity index (χ2v) is 6.01. The van der Waals surface area contributed by atoms with Crippen LogP contribution in [0, 0.1) is 11.3 Å². The van der Waals surface area contributed by atoms with Gasteiger partial charge < -0.3 is 10.4 Å². The van der Waals surface area contributed by atoms with Crippen molar-refractivity contribution in [2.45, 2.75) is 4.90 Å². The molecule has 0 spiro atoms. The van der Waals surface area contributed by atoms with E-state index in [9.17, 15) is 18.0 Å². The van der Waals surface area contributed by atoms with Crippen LogP contribution >= 0.6 is 11.6 Å². The first-order chi connectivity index (χ1) is 9.27. The minimum absolute atomic E-state index is 0.178. The van der Waals surface area contributed by atoms with Crippen LogP contribution < -0.4 is 5.32 Å². The van der Waals surface area contributed by atoms with E-state index in [1.54, 1.807) is 6.07 Å². The summed E-state index contributed by atoms with van der Waals surface area (Å²) in [7, 11) is -4.09. The Balaban J connectivity index is 3.09. The Kier molecular flexibility index (Phi) is 5.07. The van der Waals surface area contributed by atoms with Crippen molar-refractivity contribution >= 4 is 33.3 Å². The smallest absolute Gasteiger partial charge is 0.335 e. The zero-order valence-electron chi connectivity index (χ0n) is 9.96. The van der Waals surface area contributed by atoms with Crippen LogP contribution in [-0.2, 0) is 14.6 Å². The number of carboxylic acids is 1. The summed E-state index contributed by atoms with van der Waals surface area (Å²) in [5.74, 6) is -3.10. The van der Waals surface area contributed by atoms with Gasteiger partial charge in [0.05, 0.1) is 21.6 Å². The fourth-order valence-corrected chi connectivity index (χ4v) is 3.06. The third-order valence-electron chi connectivity index (χ3n) is 2.20. The Labute approximate surface area is 119 Å². The van der Waals surface area contributed by atoms with Gasteiger partial charge in [-0.15, -0.1) is 0 Å². The SMILES string of the molecule is N#CCNC(=O)CS(=O)(=O)c1cc(C(=O)O)ccc1Cl. The summed E-state index contributed by atoms with van der Waals surface area (Å²) in [5.41, 5.74) is -0.259. The maximum Gasteiger partial charge on any atom is 0.335 e. The molecule has 1 aromatic carbocycles. The Morgan fingerprint density at radius 1 is 1.40 bits per heavy atom. The number of nitrogens with one attached hydrogen (secondary N) is 1. The lowest BCUT2D eigenvalue weighted by Gasteiger charge is -2.07. The van der Waals surface area contributed by atoms with Gasteiger partial charge in [0, 0.05) is 0 Å². The van der Waals surface area contributed by atoms with Gasteiger partial charge >= 0.3 is 5.97 Å². The molecule has 9 heteroatoms. The first kappa shape index (κ1) is 15.9. The van der Waals surface area contributed by atoms with Gasteiger partial charge in [-0.05, 0) is 18.2 Å². The predicted octanol–water partition coefficient (Wildman–Crippen LogP) is 0.452. The number of nitriles is 1. The number of hydrogen-bond donors (Lipinski definition) is 2. The van der Waals surface area contributed by atoms with E-state index in [0.29, 0.717) is 0 Å². The van der Waals surface area contributed by atoms with Crippen LogP contribution in [0.3, 0.4) is 0 Å². The highest BCUT2D eigenvalue weighted by Gasteiger charge is 2.23. The number of halogens is 1. The molecule has 0 aromatic heterocycles. The van der Waals surface area contributed by atoms with E-state index >= 15 is 0 Å². The number of carboxylic acid groups (broad SMARTS) is 1. The highest BCUT2D eigenvalue weighted by atomic mass is 35.5. The number of carbonyl (C=O) groups is 2. The number of amides is 1. The number of aromatic carboxylic acids is 1. The van der Waals surface area contributed by atoms with Crippen molar-refractivity contribution < 1.29 is 23.1 Å². The first-order valence-corrected chi connectivity index (χ1v) is 7.20. The molecule has 1 amide bonds. The maximum atomic E-state index is 12.0. The molecule has 106 valence electrons. The van der Waals surface area contributed by atoms with Gasteiger partial charge in [0.25, 0.3) is 0 Å². The molecular weight excluding hydrogens is 308 g/mol. The number of carbonyl (C=O) groups excluding carboxylic acids is 1. The lowest BCUT2D eigenvalue weighted by Crippen LogP contribution is -2.30. The quantitative estimate of drug-likeness (QED) is 0.760. The number of rotatable bonds is 5. The Bertz CT molecular complexity index is 693. The van der Waals surface area contributed by atoms with Gasteiger partial charge in [0.2, 0.25) is 5.91 Å². The molecule has 0 aliphatic carbocycles. The fourth-order valence-electron chi connectivity index (χ4n) is 1.31. The number of sulfone groups is 1. The summed E-state index contributed by atoms with van der Waals surface area (Å²) < 4.78 is 24.0. The van der Waals surface area contributed by atoms with Crippen LogP contribution in [0.25, 0.3) is 0 Å². The normalized spacial score (nSPS) is 10.6. The Morgan fingerprint density at radius 2 is 2.05 bits per heavy atom. The molecule has 7 nitrogen and oxygen atoms in total. The van der Waals surface area contributed by atoms with Gasteiger partial charge in [-0.3, -0.25) is 4.79 Å². The number of nitrogens with zero attached hydrogens (tertiary/aromatic N) is 1. The van der Waals surface area contributed by atoms with Crippen molar-refractivity contribution in [1.82, 2.24) is 5.32 Å². The molecule has 0 saturated heterocycles. The molecule has 20 heavy (non-hydrogen) atoms. The van der Waals surface area contributed by atoms with Gasteiger partial charge in [0.15, 0.2) is 9.84 Å². The van der Waals surface area contributed by atoms with E-state index in [-0.39, 0.29) is 17.1 Å². The van der Waals surface area contributed by atoms with Gasteiger partial charge in [-0.1, -0.05) is 11.6 Å². The molecule has 1 rings (SSSR count). The molecule has 2 N–H and O–H groups in total. The topological polar surface area (TPSA) is 124 Å². The standard InChI is InChI=1S/C11H9ClN2O5S/c12-8-2-1-7(11(16)17)5-9(8)20(18,19)6-10(15)14-4-3-13/h1-2,5H,4,6H2,(H,14,15)(H,16,17). The third-order valence-corrected chi connectivity index (χ3v) is 4.29. The lowest BCUT2D eigenvalue weighted by molar-refractivity contribution is -0.118. The van der Waals surface area contributed by atoms with Gasteiger partial charge in [0.1, 0.15) is 12.3 Å². The zero-order valence-corrected chi connectivity index (χ0v) is 11.5. The van der Waals surface area contributed by atoms with Crippen LogP contribution in [0.5, 0.6) is 0 Å². The van der Waals surface area contributed by atoms with E-state index in [1.807, 2.05) is 0 Å².